The molecule has 1 rings (SSSR count). The highest BCUT2D eigenvalue weighted by Crippen LogP contribution is 2.26. The van der Waals surface area contributed by atoms with Gasteiger partial charge in [-0.2, -0.15) is 0 Å². The van der Waals surface area contributed by atoms with Crippen LogP contribution in [0.4, 0.5) is 11.4 Å². The van der Waals surface area contributed by atoms with Crippen molar-refractivity contribution in [2.75, 3.05) is 19.0 Å². The quantitative estimate of drug-likeness (QED) is 0.586. The highest BCUT2D eigenvalue weighted by Gasteiger charge is 2.19. The molecule has 0 heterocycles. The number of carboxylic acid groups (broad SMARTS) is 1. The van der Waals surface area contributed by atoms with Gasteiger partial charge in [0, 0.05) is 26.2 Å². The summed E-state index contributed by atoms with van der Waals surface area (Å²) in [7, 11) is 1.52. The van der Waals surface area contributed by atoms with Gasteiger partial charge in [0.2, 0.25) is 5.91 Å². The Morgan fingerprint density at radius 2 is 2.14 bits per heavy atom. The molecule has 0 aliphatic rings. The van der Waals surface area contributed by atoms with Crippen molar-refractivity contribution in [3.05, 3.63) is 33.9 Å². The monoisotopic (exact) mass is 296 g/mol. The number of carbonyl (C=O) groups is 2. The summed E-state index contributed by atoms with van der Waals surface area (Å²) in [6.07, 6.45) is 0.145. The fourth-order valence-electron chi connectivity index (χ4n) is 1.78. The Balaban J connectivity index is 2.90. The number of nitrogens with zero attached hydrogens (tertiary/aromatic N) is 1. The molecule has 1 atom stereocenters. The number of ether oxygens (including phenoxy) is 1. The molecule has 0 saturated heterocycles. The van der Waals surface area contributed by atoms with Crippen molar-refractivity contribution in [1.82, 2.24) is 0 Å². The van der Waals surface area contributed by atoms with E-state index >= 15 is 0 Å². The van der Waals surface area contributed by atoms with Crippen molar-refractivity contribution in [1.29, 1.82) is 0 Å². The van der Waals surface area contributed by atoms with Crippen LogP contribution in [0.2, 0.25) is 0 Å². The Morgan fingerprint density at radius 1 is 1.48 bits per heavy atom. The van der Waals surface area contributed by atoms with E-state index in [0.717, 1.165) is 6.07 Å². The molecule has 8 nitrogen and oxygen atoms in total. The number of carboxylic acids is 1. The lowest BCUT2D eigenvalue weighted by molar-refractivity contribution is -0.384. The van der Waals surface area contributed by atoms with E-state index in [1.54, 1.807) is 0 Å². The standard InChI is InChI=1S/C13H16N2O6/c1-8(7-21-2)5-12(16)14-10-4-3-9(13(17)18)6-11(10)15(19)20/h3-4,6,8H,5,7H2,1-2H3,(H,14,16)(H,17,18). The van der Waals surface area contributed by atoms with E-state index in [1.807, 2.05) is 6.92 Å². The van der Waals surface area contributed by atoms with Crippen LogP contribution in [0.15, 0.2) is 18.2 Å². The van der Waals surface area contributed by atoms with E-state index in [0.29, 0.717) is 6.61 Å². The van der Waals surface area contributed by atoms with Crippen LogP contribution in [0.5, 0.6) is 0 Å². The van der Waals surface area contributed by atoms with Crippen LogP contribution in [0.3, 0.4) is 0 Å². The topological polar surface area (TPSA) is 119 Å². The van der Waals surface area contributed by atoms with E-state index in [2.05, 4.69) is 5.32 Å². The molecule has 0 aromatic heterocycles. The molecule has 0 aliphatic carbocycles. The van der Waals surface area contributed by atoms with Crippen LogP contribution in [0, 0.1) is 16.0 Å². The third kappa shape index (κ3) is 4.84. The first-order valence-corrected chi connectivity index (χ1v) is 6.15. The van der Waals surface area contributed by atoms with E-state index in [9.17, 15) is 19.7 Å². The predicted molar refractivity (Wildman–Crippen MR) is 74.3 cm³/mol. The molecule has 0 bridgehead atoms. The van der Waals surface area contributed by atoms with Gasteiger partial charge in [-0.3, -0.25) is 14.9 Å². The highest BCUT2D eigenvalue weighted by atomic mass is 16.6. The zero-order valence-electron chi connectivity index (χ0n) is 11.7. The van der Waals surface area contributed by atoms with Gasteiger partial charge in [0.25, 0.3) is 5.69 Å². The lowest BCUT2D eigenvalue weighted by Gasteiger charge is -2.11. The molecule has 0 fully saturated rings. The second kappa shape index (κ2) is 7.34. The lowest BCUT2D eigenvalue weighted by Crippen LogP contribution is -2.18. The van der Waals surface area contributed by atoms with E-state index < -0.39 is 22.5 Å². The maximum Gasteiger partial charge on any atom is 0.335 e. The SMILES string of the molecule is COCC(C)CC(=O)Nc1ccc(C(=O)O)cc1[N+](=O)[O-]. The Kier molecular flexibility index (Phi) is 5.79. The number of anilines is 1. The lowest BCUT2D eigenvalue weighted by atomic mass is 10.1. The normalized spacial score (nSPS) is 11.7. The molecule has 1 unspecified atom stereocenters. The van der Waals surface area contributed by atoms with Gasteiger partial charge in [-0.05, 0) is 18.1 Å². The van der Waals surface area contributed by atoms with Gasteiger partial charge in [-0.1, -0.05) is 6.92 Å². The third-order valence-corrected chi connectivity index (χ3v) is 2.70. The number of nitrogens with one attached hydrogen (secondary N) is 1. The average Bonchev–Trinajstić information content (AvgIpc) is 2.38. The Bertz CT molecular complexity index is 558. The van der Waals surface area contributed by atoms with Crippen molar-refractivity contribution < 1.29 is 24.4 Å². The molecule has 114 valence electrons. The molecule has 0 radical (unpaired) electrons. The van der Waals surface area contributed by atoms with E-state index in [1.165, 1.54) is 19.2 Å². The molecular weight excluding hydrogens is 280 g/mol. The summed E-state index contributed by atoms with van der Waals surface area (Å²) in [4.78, 5) is 32.8. The second-order valence-corrected chi connectivity index (χ2v) is 4.61. The third-order valence-electron chi connectivity index (χ3n) is 2.70. The van der Waals surface area contributed by atoms with E-state index in [-0.39, 0.29) is 23.6 Å². The molecular formula is C13H16N2O6. The van der Waals surface area contributed by atoms with E-state index in [4.69, 9.17) is 9.84 Å². The summed E-state index contributed by atoms with van der Waals surface area (Å²) in [6.45, 7) is 2.21. The maximum absolute atomic E-state index is 11.8. The minimum atomic E-state index is -1.27. The number of hydrogen-bond acceptors (Lipinski definition) is 5. The first-order valence-electron chi connectivity index (χ1n) is 6.15. The van der Waals surface area contributed by atoms with Gasteiger partial charge in [0.1, 0.15) is 5.69 Å². The van der Waals surface area contributed by atoms with Crippen LogP contribution >= 0.6 is 0 Å². The summed E-state index contributed by atoms with van der Waals surface area (Å²) in [6, 6.07) is 3.32. The van der Waals surface area contributed by atoms with Crippen LogP contribution in [-0.2, 0) is 9.53 Å². The zero-order chi connectivity index (χ0) is 16.0. The minimum absolute atomic E-state index is 0.0281. The fraction of sp³-hybridized carbons (Fsp3) is 0.385. The van der Waals surface area contributed by atoms with Crippen LogP contribution in [-0.4, -0.2) is 35.6 Å². The Hall–Kier alpha value is -2.48. The Morgan fingerprint density at radius 3 is 2.67 bits per heavy atom. The molecule has 1 aromatic carbocycles. The number of nitro groups is 1. The number of carbonyl (C=O) groups excluding carboxylic acids is 1. The van der Waals surface area contributed by atoms with Crippen molar-refractivity contribution in [3.63, 3.8) is 0 Å². The van der Waals surface area contributed by atoms with Gasteiger partial charge < -0.3 is 15.2 Å². The smallest absolute Gasteiger partial charge is 0.335 e. The van der Waals surface area contributed by atoms with Crippen LogP contribution in [0.25, 0.3) is 0 Å². The molecule has 1 amide bonds. The summed E-state index contributed by atoms with van der Waals surface area (Å²) >= 11 is 0. The number of amides is 1. The number of hydrogen-bond donors (Lipinski definition) is 2. The van der Waals surface area contributed by atoms with Gasteiger partial charge in [0.05, 0.1) is 10.5 Å². The number of aromatic carboxylic acids is 1. The molecule has 0 saturated carbocycles. The molecule has 0 aliphatic heterocycles. The number of benzene rings is 1. The number of methoxy groups -OCH3 is 1. The van der Waals surface area contributed by atoms with Gasteiger partial charge in [-0.15, -0.1) is 0 Å². The number of rotatable bonds is 7. The first-order chi connectivity index (χ1) is 9.85. The summed E-state index contributed by atoms with van der Waals surface area (Å²) in [5.74, 6) is -1.71. The summed E-state index contributed by atoms with van der Waals surface area (Å²) in [5.41, 5.74) is -0.699. The maximum atomic E-state index is 11.8. The van der Waals surface area contributed by atoms with Crippen LogP contribution in [0.1, 0.15) is 23.7 Å². The zero-order valence-corrected chi connectivity index (χ0v) is 11.7. The van der Waals surface area contributed by atoms with Gasteiger partial charge in [0.15, 0.2) is 0 Å². The molecule has 1 aromatic rings. The molecule has 21 heavy (non-hydrogen) atoms. The summed E-state index contributed by atoms with van der Waals surface area (Å²) in [5, 5.41) is 22.2. The summed E-state index contributed by atoms with van der Waals surface area (Å²) < 4.78 is 4.91. The molecule has 8 heteroatoms. The number of nitro benzene ring substituents is 1. The van der Waals surface area contributed by atoms with Crippen LogP contribution < -0.4 is 5.32 Å². The molecule has 2 N–H and O–H groups in total. The van der Waals surface area contributed by atoms with Crippen molar-refractivity contribution in [2.24, 2.45) is 5.92 Å². The first kappa shape index (κ1) is 16.6. The fourth-order valence-corrected chi connectivity index (χ4v) is 1.78. The van der Waals surface area contributed by atoms with Gasteiger partial charge >= 0.3 is 5.97 Å². The average molecular weight is 296 g/mol. The predicted octanol–water partition coefficient (Wildman–Crippen LogP) is 1.90. The Labute approximate surface area is 120 Å². The van der Waals surface area contributed by atoms with Crippen molar-refractivity contribution in [2.45, 2.75) is 13.3 Å². The minimum Gasteiger partial charge on any atom is -0.478 e. The largest absolute Gasteiger partial charge is 0.478 e. The highest BCUT2D eigenvalue weighted by molar-refractivity contribution is 5.95. The second-order valence-electron chi connectivity index (χ2n) is 4.61. The molecule has 0 spiro atoms. The van der Waals surface area contributed by atoms with Crippen molar-refractivity contribution >= 4 is 23.3 Å². The van der Waals surface area contributed by atoms with Crippen molar-refractivity contribution in [3.8, 4) is 0 Å². The van der Waals surface area contributed by atoms with Gasteiger partial charge in [-0.25, -0.2) is 4.79 Å².